The molecule has 1 aromatic heterocycles. The molecule has 0 bridgehead atoms. The number of rotatable bonds is 2. The first kappa shape index (κ1) is 7.72. The van der Waals surface area contributed by atoms with Crippen LogP contribution >= 0.6 is 0 Å². The summed E-state index contributed by atoms with van der Waals surface area (Å²) >= 11 is 0. The van der Waals surface area contributed by atoms with Gasteiger partial charge in [-0.2, -0.15) is 5.10 Å². The third kappa shape index (κ3) is 2.04. The molecule has 1 heterocycles. The highest BCUT2D eigenvalue weighted by molar-refractivity contribution is 5.79. The van der Waals surface area contributed by atoms with E-state index in [1.165, 1.54) is 0 Å². The van der Waals surface area contributed by atoms with Crippen molar-refractivity contribution in [1.82, 2.24) is 4.98 Å². The summed E-state index contributed by atoms with van der Waals surface area (Å²) in [6.45, 7) is 2.06. The molecule has 58 valence electrons. The lowest BCUT2D eigenvalue weighted by Gasteiger charge is -1.95. The maximum absolute atomic E-state index is 5.00. The van der Waals surface area contributed by atoms with Crippen LogP contribution in [0.1, 0.15) is 18.2 Å². The molecule has 3 heteroatoms. The summed E-state index contributed by atoms with van der Waals surface area (Å²) in [6, 6.07) is 3.84. The van der Waals surface area contributed by atoms with E-state index in [0.29, 0.717) is 0 Å². The third-order valence-corrected chi connectivity index (χ3v) is 1.43. The average Bonchev–Trinajstić information content (AvgIpc) is 2.06. The van der Waals surface area contributed by atoms with Crippen molar-refractivity contribution in [2.24, 2.45) is 10.9 Å². The molecule has 0 aliphatic heterocycles. The van der Waals surface area contributed by atoms with Crippen LogP contribution in [0.4, 0.5) is 0 Å². The van der Waals surface area contributed by atoms with Gasteiger partial charge in [0.1, 0.15) is 0 Å². The van der Waals surface area contributed by atoms with Gasteiger partial charge < -0.3 is 5.84 Å². The van der Waals surface area contributed by atoms with Crippen LogP contribution in [0.25, 0.3) is 0 Å². The molecule has 0 amide bonds. The third-order valence-electron chi connectivity index (χ3n) is 1.43. The summed E-state index contributed by atoms with van der Waals surface area (Å²) < 4.78 is 0. The zero-order valence-electron chi connectivity index (χ0n) is 6.49. The van der Waals surface area contributed by atoms with Gasteiger partial charge in [-0.25, -0.2) is 0 Å². The highest BCUT2D eigenvalue weighted by Crippen LogP contribution is 1.98. The van der Waals surface area contributed by atoms with Gasteiger partial charge in [-0.3, -0.25) is 4.98 Å². The molecule has 0 saturated carbocycles. The van der Waals surface area contributed by atoms with Crippen LogP contribution in [-0.2, 0) is 6.42 Å². The quantitative estimate of drug-likeness (QED) is 0.386. The van der Waals surface area contributed by atoms with Gasteiger partial charge in [0, 0.05) is 11.9 Å². The number of aryl methyl sites for hydroxylation is 1. The van der Waals surface area contributed by atoms with Crippen LogP contribution in [0.5, 0.6) is 0 Å². The number of hydrogen-bond acceptors (Lipinski definition) is 3. The first-order valence-electron chi connectivity index (χ1n) is 3.55. The molecule has 0 unspecified atom stereocenters. The van der Waals surface area contributed by atoms with E-state index in [1.807, 2.05) is 12.1 Å². The Morgan fingerprint density at radius 2 is 2.55 bits per heavy atom. The van der Waals surface area contributed by atoms with Crippen molar-refractivity contribution in [3.8, 4) is 0 Å². The fourth-order valence-electron chi connectivity index (χ4n) is 0.857. The summed E-state index contributed by atoms with van der Waals surface area (Å²) in [5.41, 5.74) is 2.06. The Morgan fingerprint density at radius 3 is 3.18 bits per heavy atom. The van der Waals surface area contributed by atoms with Gasteiger partial charge >= 0.3 is 0 Å². The first-order chi connectivity index (χ1) is 5.36. The fraction of sp³-hybridized carbons (Fsp3) is 0.250. The predicted octanol–water partition coefficient (Wildman–Crippen LogP) is 0.937. The summed E-state index contributed by atoms with van der Waals surface area (Å²) in [5.74, 6) is 5.00. The van der Waals surface area contributed by atoms with E-state index in [1.54, 1.807) is 12.4 Å². The van der Waals surface area contributed by atoms with E-state index in [9.17, 15) is 0 Å². The second kappa shape index (κ2) is 3.71. The summed E-state index contributed by atoms with van der Waals surface area (Å²) in [7, 11) is 0. The normalized spacial score (nSPS) is 10.6. The fourth-order valence-corrected chi connectivity index (χ4v) is 0.857. The molecule has 1 rings (SSSR count). The molecule has 11 heavy (non-hydrogen) atoms. The Bertz CT molecular complexity index is 255. The number of nitrogens with zero attached hydrogens (tertiary/aromatic N) is 2. The van der Waals surface area contributed by atoms with E-state index in [4.69, 9.17) is 5.84 Å². The molecule has 3 nitrogen and oxygen atoms in total. The van der Waals surface area contributed by atoms with Crippen LogP contribution in [0.15, 0.2) is 23.4 Å². The summed E-state index contributed by atoms with van der Waals surface area (Å²) in [4.78, 5) is 4.14. The van der Waals surface area contributed by atoms with Gasteiger partial charge in [0.15, 0.2) is 0 Å². The summed E-state index contributed by atoms with van der Waals surface area (Å²) in [6.07, 6.45) is 4.31. The number of aromatic nitrogens is 1. The van der Waals surface area contributed by atoms with E-state index in [2.05, 4.69) is 17.0 Å². The molecule has 0 aliphatic carbocycles. The number of hydrogen-bond donors (Lipinski definition) is 1. The Balaban J connectivity index is 2.91. The predicted molar refractivity (Wildman–Crippen MR) is 45.4 cm³/mol. The minimum absolute atomic E-state index is 0.937. The van der Waals surface area contributed by atoms with E-state index < -0.39 is 0 Å². The Morgan fingerprint density at radius 1 is 1.73 bits per heavy atom. The topological polar surface area (TPSA) is 51.3 Å². The SMILES string of the molecule is CCc1cc(C=NN)ccn1. The van der Waals surface area contributed by atoms with E-state index in [-0.39, 0.29) is 0 Å². The minimum Gasteiger partial charge on any atom is -0.323 e. The molecule has 0 fully saturated rings. The van der Waals surface area contributed by atoms with Crippen molar-refractivity contribution >= 4 is 6.21 Å². The van der Waals surface area contributed by atoms with Crippen molar-refractivity contribution in [2.45, 2.75) is 13.3 Å². The number of hydrazone groups is 1. The van der Waals surface area contributed by atoms with Gasteiger partial charge in [-0.05, 0) is 24.1 Å². The van der Waals surface area contributed by atoms with Gasteiger partial charge in [-0.15, -0.1) is 0 Å². The molecule has 0 aromatic carbocycles. The number of nitrogens with two attached hydrogens (primary N) is 1. The van der Waals surface area contributed by atoms with Crippen LogP contribution in [-0.4, -0.2) is 11.2 Å². The van der Waals surface area contributed by atoms with E-state index >= 15 is 0 Å². The lowest BCUT2D eigenvalue weighted by molar-refractivity contribution is 1.03. The van der Waals surface area contributed by atoms with E-state index in [0.717, 1.165) is 17.7 Å². The van der Waals surface area contributed by atoms with Crippen LogP contribution in [0.3, 0.4) is 0 Å². The maximum atomic E-state index is 5.00. The zero-order chi connectivity index (χ0) is 8.10. The lowest BCUT2D eigenvalue weighted by atomic mass is 10.2. The molecule has 1 aromatic rings. The largest absolute Gasteiger partial charge is 0.323 e. The summed E-state index contributed by atoms with van der Waals surface area (Å²) in [5, 5.41) is 3.43. The molecule has 0 radical (unpaired) electrons. The average molecular weight is 149 g/mol. The second-order valence-corrected chi connectivity index (χ2v) is 2.21. The van der Waals surface area contributed by atoms with Crippen molar-refractivity contribution in [1.29, 1.82) is 0 Å². The molecule has 0 aliphatic rings. The number of pyridine rings is 1. The smallest absolute Gasteiger partial charge is 0.0539 e. The van der Waals surface area contributed by atoms with Gasteiger partial charge in [0.25, 0.3) is 0 Å². The highest BCUT2D eigenvalue weighted by Gasteiger charge is 1.90. The van der Waals surface area contributed by atoms with Crippen molar-refractivity contribution in [2.75, 3.05) is 0 Å². The molecular formula is C8H11N3. The Kier molecular flexibility index (Phi) is 2.60. The van der Waals surface area contributed by atoms with Crippen LogP contribution < -0.4 is 5.84 Å². The Hall–Kier alpha value is -1.38. The van der Waals surface area contributed by atoms with Gasteiger partial charge in [0.2, 0.25) is 0 Å². The minimum atomic E-state index is 0.937. The monoisotopic (exact) mass is 149 g/mol. The standard InChI is InChI=1S/C8H11N3/c1-2-8-5-7(6-11-9)3-4-10-8/h3-6H,2,9H2,1H3. The van der Waals surface area contributed by atoms with Crippen LogP contribution in [0.2, 0.25) is 0 Å². The molecule has 2 N–H and O–H groups in total. The molecule has 0 spiro atoms. The van der Waals surface area contributed by atoms with Crippen molar-refractivity contribution in [3.05, 3.63) is 29.6 Å². The molecule has 0 saturated heterocycles. The highest BCUT2D eigenvalue weighted by atomic mass is 15.1. The lowest BCUT2D eigenvalue weighted by Crippen LogP contribution is -1.91. The maximum Gasteiger partial charge on any atom is 0.0539 e. The molecule has 0 atom stereocenters. The first-order valence-corrected chi connectivity index (χ1v) is 3.55. The Labute approximate surface area is 66.0 Å². The van der Waals surface area contributed by atoms with Crippen molar-refractivity contribution < 1.29 is 0 Å². The second-order valence-electron chi connectivity index (χ2n) is 2.21. The molecular weight excluding hydrogens is 138 g/mol. The van der Waals surface area contributed by atoms with Crippen molar-refractivity contribution in [3.63, 3.8) is 0 Å². The zero-order valence-corrected chi connectivity index (χ0v) is 6.49. The van der Waals surface area contributed by atoms with Crippen LogP contribution in [0, 0.1) is 0 Å². The van der Waals surface area contributed by atoms with Gasteiger partial charge in [0.05, 0.1) is 6.21 Å². The van der Waals surface area contributed by atoms with Gasteiger partial charge in [-0.1, -0.05) is 6.92 Å².